The second kappa shape index (κ2) is 2.73. The van der Waals surface area contributed by atoms with Gasteiger partial charge in [-0.3, -0.25) is 4.79 Å². The quantitative estimate of drug-likeness (QED) is 0.618. The fourth-order valence-corrected chi connectivity index (χ4v) is 2.11. The molecule has 1 aliphatic heterocycles. The number of rotatable bonds is 2. The highest BCUT2D eigenvalue weighted by Crippen LogP contribution is 2.47. The van der Waals surface area contributed by atoms with Crippen molar-refractivity contribution in [2.24, 2.45) is 5.92 Å². The largest absolute Gasteiger partial charge is 0.466 e. The Morgan fingerprint density at radius 2 is 2.42 bits per heavy atom. The summed E-state index contributed by atoms with van der Waals surface area (Å²) in [5.41, 5.74) is 0.159. The van der Waals surface area contributed by atoms with Gasteiger partial charge in [0.1, 0.15) is 0 Å². The normalized spacial score (nSPS) is 30.6. The van der Waals surface area contributed by atoms with E-state index in [0.717, 1.165) is 25.8 Å². The van der Waals surface area contributed by atoms with Gasteiger partial charge in [0.25, 0.3) is 0 Å². The van der Waals surface area contributed by atoms with Gasteiger partial charge < -0.3 is 10.1 Å². The van der Waals surface area contributed by atoms with E-state index in [-0.39, 0.29) is 17.4 Å². The lowest BCUT2D eigenvalue weighted by molar-refractivity contribution is -0.148. The molecule has 2 fully saturated rings. The van der Waals surface area contributed by atoms with E-state index in [9.17, 15) is 4.79 Å². The zero-order chi connectivity index (χ0) is 8.60. The molecule has 1 aliphatic carbocycles. The van der Waals surface area contributed by atoms with Crippen LogP contribution < -0.4 is 5.32 Å². The Balaban J connectivity index is 1.98. The molecule has 3 heteroatoms. The van der Waals surface area contributed by atoms with Crippen molar-refractivity contribution in [3.05, 3.63) is 0 Å². The van der Waals surface area contributed by atoms with Gasteiger partial charge in [0, 0.05) is 5.54 Å². The number of carbonyl (C=O) groups is 1. The Morgan fingerprint density at radius 1 is 1.67 bits per heavy atom. The summed E-state index contributed by atoms with van der Waals surface area (Å²) in [5, 5.41) is 3.40. The zero-order valence-electron chi connectivity index (χ0n) is 7.43. The molecule has 1 unspecified atom stereocenters. The monoisotopic (exact) mass is 169 g/mol. The molecule has 0 radical (unpaired) electrons. The first-order valence-electron chi connectivity index (χ1n) is 4.70. The highest BCUT2D eigenvalue weighted by atomic mass is 16.5. The van der Waals surface area contributed by atoms with Crippen LogP contribution in [0.3, 0.4) is 0 Å². The first-order valence-corrected chi connectivity index (χ1v) is 4.70. The van der Waals surface area contributed by atoms with Crippen molar-refractivity contribution in [2.75, 3.05) is 13.2 Å². The van der Waals surface area contributed by atoms with Gasteiger partial charge in [-0.15, -0.1) is 0 Å². The van der Waals surface area contributed by atoms with E-state index in [0.29, 0.717) is 6.61 Å². The third-order valence-corrected chi connectivity index (χ3v) is 2.94. The highest BCUT2D eigenvalue weighted by Gasteiger charge is 2.55. The molecule has 0 amide bonds. The van der Waals surface area contributed by atoms with Crippen LogP contribution in [0.2, 0.25) is 0 Å². The van der Waals surface area contributed by atoms with Crippen LogP contribution in [0, 0.1) is 5.92 Å². The van der Waals surface area contributed by atoms with Crippen LogP contribution in [0.15, 0.2) is 0 Å². The molecule has 0 aromatic carbocycles. The molecule has 0 aromatic rings. The molecule has 0 aromatic heterocycles. The fraction of sp³-hybridized carbons (Fsp3) is 0.889. The minimum absolute atomic E-state index is 0.000000000000000666. The number of ether oxygens (including phenoxy) is 1. The van der Waals surface area contributed by atoms with E-state index in [1.54, 1.807) is 0 Å². The zero-order valence-corrected chi connectivity index (χ0v) is 7.43. The van der Waals surface area contributed by atoms with Gasteiger partial charge in [-0.2, -0.15) is 0 Å². The van der Waals surface area contributed by atoms with Crippen molar-refractivity contribution in [3.63, 3.8) is 0 Å². The van der Waals surface area contributed by atoms with Crippen molar-refractivity contribution in [1.29, 1.82) is 0 Å². The molecule has 2 rings (SSSR count). The molecular weight excluding hydrogens is 154 g/mol. The van der Waals surface area contributed by atoms with Gasteiger partial charge >= 0.3 is 5.97 Å². The van der Waals surface area contributed by atoms with Gasteiger partial charge in [-0.05, 0) is 32.7 Å². The molecule has 1 spiro atoms. The number of hydrogen-bond donors (Lipinski definition) is 1. The summed E-state index contributed by atoms with van der Waals surface area (Å²) >= 11 is 0. The molecule has 0 bridgehead atoms. The molecule has 12 heavy (non-hydrogen) atoms. The van der Waals surface area contributed by atoms with Gasteiger partial charge in [0.2, 0.25) is 0 Å². The van der Waals surface area contributed by atoms with E-state index in [1.165, 1.54) is 0 Å². The number of esters is 1. The van der Waals surface area contributed by atoms with Gasteiger partial charge in [0.05, 0.1) is 12.5 Å². The average molecular weight is 169 g/mol. The molecule has 1 atom stereocenters. The van der Waals surface area contributed by atoms with Crippen LogP contribution in [-0.2, 0) is 9.53 Å². The summed E-state index contributed by atoms with van der Waals surface area (Å²) in [6.45, 7) is 3.34. The van der Waals surface area contributed by atoms with Crippen molar-refractivity contribution >= 4 is 5.97 Å². The predicted octanol–water partition coefficient (Wildman–Crippen LogP) is 0.692. The lowest BCUT2D eigenvalue weighted by Gasteiger charge is -2.15. The topological polar surface area (TPSA) is 38.3 Å². The maximum atomic E-state index is 11.4. The van der Waals surface area contributed by atoms with E-state index in [4.69, 9.17) is 4.74 Å². The molecule has 68 valence electrons. The Bertz CT molecular complexity index is 199. The third kappa shape index (κ3) is 1.12. The summed E-state index contributed by atoms with van der Waals surface area (Å²) < 4.78 is 5.02. The minimum atomic E-state index is 0.000000000000000666. The van der Waals surface area contributed by atoms with Crippen molar-refractivity contribution in [3.8, 4) is 0 Å². The van der Waals surface area contributed by atoms with E-state index >= 15 is 0 Å². The lowest BCUT2D eigenvalue weighted by atomic mass is 9.99. The molecule has 3 nitrogen and oxygen atoms in total. The third-order valence-electron chi connectivity index (χ3n) is 2.94. The van der Waals surface area contributed by atoms with Crippen LogP contribution in [0.25, 0.3) is 0 Å². The fourth-order valence-electron chi connectivity index (χ4n) is 2.11. The maximum Gasteiger partial charge on any atom is 0.310 e. The Kier molecular flexibility index (Phi) is 1.83. The summed E-state index contributed by atoms with van der Waals surface area (Å²) in [4.78, 5) is 11.4. The van der Waals surface area contributed by atoms with E-state index in [1.807, 2.05) is 6.92 Å². The number of carbonyl (C=O) groups excluding carboxylic acids is 1. The maximum absolute atomic E-state index is 11.4. The highest BCUT2D eigenvalue weighted by molar-refractivity contribution is 5.75. The number of nitrogens with one attached hydrogen (secondary N) is 1. The van der Waals surface area contributed by atoms with Crippen molar-refractivity contribution in [1.82, 2.24) is 5.32 Å². The smallest absolute Gasteiger partial charge is 0.310 e. The standard InChI is InChI=1S/C9H15NO2/c1-2-12-8(11)7-3-6-10-9(7)4-5-9/h7,10H,2-6H2,1H3. The van der Waals surface area contributed by atoms with Crippen LogP contribution in [-0.4, -0.2) is 24.7 Å². The second-order valence-electron chi connectivity index (χ2n) is 3.68. The molecule has 1 heterocycles. The minimum Gasteiger partial charge on any atom is -0.466 e. The Hall–Kier alpha value is -0.570. The van der Waals surface area contributed by atoms with Crippen LogP contribution in [0.1, 0.15) is 26.2 Å². The molecular formula is C9H15NO2. The summed E-state index contributed by atoms with van der Waals surface area (Å²) in [6.07, 6.45) is 3.26. The van der Waals surface area contributed by atoms with Crippen molar-refractivity contribution < 1.29 is 9.53 Å². The molecule has 2 aliphatic rings. The molecule has 1 N–H and O–H groups in total. The van der Waals surface area contributed by atoms with Crippen molar-refractivity contribution in [2.45, 2.75) is 31.7 Å². The van der Waals surface area contributed by atoms with E-state index in [2.05, 4.69) is 5.32 Å². The van der Waals surface area contributed by atoms with E-state index < -0.39 is 0 Å². The Labute approximate surface area is 72.5 Å². The summed E-state index contributed by atoms with van der Waals surface area (Å²) in [7, 11) is 0. The molecule has 1 saturated carbocycles. The van der Waals surface area contributed by atoms with Crippen LogP contribution >= 0.6 is 0 Å². The first-order chi connectivity index (χ1) is 5.78. The predicted molar refractivity (Wildman–Crippen MR) is 44.7 cm³/mol. The van der Waals surface area contributed by atoms with Crippen LogP contribution in [0.5, 0.6) is 0 Å². The molecule has 1 saturated heterocycles. The van der Waals surface area contributed by atoms with Gasteiger partial charge in [-0.1, -0.05) is 0 Å². The first kappa shape index (κ1) is 8.05. The summed E-state index contributed by atoms with van der Waals surface area (Å²) in [6, 6.07) is 0. The average Bonchev–Trinajstić information content (AvgIpc) is 2.63. The SMILES string of the molecule is CCOC(=O)C1CCNC12CC2. The van der Waals surface area contributed by atoms with Gasteiger partial charge in [-0.25, -0.2) is 0 Å². The van der Waals surface area contributed by atoms with Crippen LogP contribution in [0.4, 0.5) is 0 Å². The van der Waals surface area contributed by atoms with Gasteiger partial charge in [0.15, 0.2) is 0 Å². The lowest BCUT2D eigenvalue weighted by Crippen LogP contribution is -2.34. The summed E-state index contributed by atoms with van der Waals surface area (Å²) in [5.74, 6) is 0.137. The Morgan fingerprint density at radius 3 is 3.00 bits per heavy atom. The number of hydrogen-bond acceptors (Lipinski definition) is 3. The second-order valence-corrected chi connectivity index (χ2v) is 3.68.